The van der Waals surface area contributed by atoms with Crippen LogP contribution in [0.5, 0.6) is 5.75 Å². The van der Waals surface area contributed by atoms with Crippen LogP contribution in [0.25, 0.3) is 0 Å². The zero-order valence-corrected chi connectivity index (χ0v) is 12.8. The standard InChI is InChI=1S/C14H22O.C2H6/c1-10-7-12(9-14(3,4)5)8-11(2)13(10)15-6;1-2/h7-8H,9H2,1-6H3;1-2H3. The molecule has 1 aromatic carbocycles. The van der Waals surface area contributed by atoms with E-state index in [9.17, 15) is 0 Å². The molecule has 1 nitrogen and oxygen atoms in total. The summed E-state index contributed by atoms with van der Waals surface area (Å²) < 4.78 is 5.36. The van der Waals surface area contributed by atoms with E-state index in [-0.39, 0.29) is 0 Å². The fraction of sp³-hybridized carbons (Fsp3) is 0.625. The molecule has 0 saturated heterocycles. The Balaban J connectivity index is 0.00000121. The fourth-order valence-electron chi connectivity index (χ4n) is 2.08. The lowest BCUT2D eigenvalue weighted by Crippen LogP contribution is -2.09. The molecule has 0 aliphatic heterocycles. The molecule has 0 aromatic heterocycles. The number of ether oxygens (including phenoxy) is 1. The largest absolute Gasteiger partial charge is 0.496 e. The second kappa shape index (κ2) is 6.68. The molecule has 0 aliphatic rings. The summed E-state index contributed by atoms with van der Waals surface area (Å²) in [5.74, 6) is 1.02. The van der Waals surface area contributed by atoms with Crippen LogP contribution < -0.4 is 4.74 Å². The molecular formula is C16H28O. The van der Waals surface area contributed by atoms with Crippen molar-refractivity contribution in [3.8, 4) is 5.75 Å². The third kappa shape index (κ3) is 5.25. The third-order valence-electron chi connectivity index (χ3n) is 2.46. The highest BCUT2D eigenvalue weighted by Crippen LogP contribution is 2.28. The van der Waals surface area contributed by atoms with Crippen molar-refractivity contribution in [2.45, 2.75) is 54.9 Å². The van der Waals surface area contributed by atoms with Gasteiger partial charge in [-0.05, 0) is 42.4 Å². The Kier molecular flexibility index (Phi) is 6.30. The van der Waals surface area contributed by atoms with Gasteiger partial charge in [0.1, 0.15) is 5.75 Å². The van der Waals surface area contributed by atoms with E-state index in [4.69, 9.17) is 4.74 Å². The zero-order valence-electron chi connectivity index (χ0n) is 12.8. The van der Waals surface area contributed by atoms with E-state index in [0.29, 0.717) is 5.41 Å². The molecule has 0 spiro atoms. The van der Waals surface area contributed by atoms with Crippen LogP contribution in [0.15, 0.2) is 12.1 Å². The van der Waals surface area contributed by atoms with Gasteiger partial charge < -0.3 is 4.74 Å². The number of hydrogen-bond donors (Lipinski definition) is 0. The molecule has 0 aliphatic carbocycles. The molecule has 0 fully saturated rings. The maximum Gasteiger partial charge on any atom is 0.124 e. The van der Waals surface area contributed by atoms with Crippen molar-refractivity contribution in [3.63, 3.8) is 0 Å². The van der Waals surface area contributed by atoms with Crippen LogP contribution in [-0.4, -0.2) is 7.11 Å². The SMILES string of the molecule is CC.COc1c(C)cc(CC(C)(C)C)cc1C. The number of methoxy groups -OCH3 is 1. The highest BCUT2D eigenvalue weighted by Gasteiger charge is 2.13. The number of hydrogen-bond acceptors (Lipinski definition) is 1. The summed E-state index contributed by atoms with van der Waals surface area (Å²) in [5, 5.41) is 0. The normalized spacial score (nSPS) is 10.6. The van der Waals surface area contributed by atoms with Gasteiger partial charge in [0.25, 0.3) is 0 Å². The monoisotopic (exact) mass is 236 g/mol. The second-order valence-corrected chi connectivity index (χ2v) is 5.50. The minimum absolute atomic E-state index is 0.341. The molecule has 0 N–H and O–H groups in total. The second-order valence-electron chi connectivity index (χ2n) is 5.50. The van der Waals surface area contributed by atoms with Crippen molar-refractivity contribution in [1.82, 2.24) is 0 Å². The molecule has 98 valence electrons. The summed E-state index contributed by atoms with van der Waals surface area (Å²) in [6.45, 7) is 15.0. The summed E-state index contributed by atoms with van der Waals surface area (Å²) in [6.07, 6.45) is 1.11. The summed E-state index contributed by atoms with van der Waals surface area (Å²) in [5.41, 5.74) is 4.21. The Hall–Kier alpha value is -0.980. The van der Waals surface area contributed by atoms with E-state index in [0.717, 1.165) is 12.2 Å². The average Bonchev–Trinajstić information content (AvgIpc) is 2.17. The predicted octanol–water partition coefficient (Wildman–Crippen LogP) is 4.93. The molecule has 0 radical (unpaired) electrons. The van der Waals surface area contributed by atoms with Gasteiger partial charge in [-0.1, -0.05) is 46.8 Å². The van der Waals surface area contributed by atoms with Crippen LogP contribution in [0, 0.1) is 19.3 Å². The van der Waals surface area contributed by atoms with E-state index in [1.807, 2.05) is 13.8 Å². The van der Waals surface area contributed by atoms with Crippen molar-refractivity contribution >= 4 is 0 Å². The lowest BCUT2D eigenvalue weighted by molar-refractivity contribution is 0.402. The molecule has 0 bridgehead atoms. The van der Waals surface area contributed by atoms with Gasteiger partial charge in [-0.15, -0.1) is 0 Å². The van der Waals surface area contributed by atoms with Crippen LogP contribution in [0.4, 0.5) is 0 Å². The summed E-state index contributed by atoms with van der Waals surface area (Å²) in [7, 11) is 1.73. The Bertz CT molecular complexity index is 322. The lowest BCUT2D eigenvalue weighted by Gasteiger charge is -2.19. The first-order valence-electron chi connectivity index (χ1n) is 6.47. The zero-order chi connectivity index (χ0) is 13.6. The van der Waals surface area contributed by atoms with Crippen LogP contribution in [0.3, 0.4) is 0 Å². The van der Waals surface area contributed by atoms with Gasteiger partial charge in [0.15, 0.2) is 0 Å². The van der Waals surface area contributed by atoms with Gasteiger partial charge in [0.2, 0.25) is 0 Å². The molecule has 0 heterocycles. The molecular weight excluding hydrogens is 208 g/mol. The Labute approximate surface area is 107 Å². The molecule has 1 aromatic rings. The fourth-order valence-corrected chi connectivity index (χ4v) is 2.08. The van der Waals surface area contributed by atoms with E-state index >= 15 is 0 Å². The maximum absolute atomic E-state index is 5.36. The van der Waals surface area contributed by atoms with E-state index < -0.39 is 0 Å². The maximum atomic E-state index is 5.36. The molecule has 1 rings (SSSR count). The van der Waals surface area contributed by atoms with Crippen molar-refractivity contribution in [2.75, 3.05) is 7.11 Å². The molecule has 0 amide bonds. The van der Waals surface area contributed by atoms with Crippen molar-refractivity contribution in [2.24, 2.45) is 5.41 Å². The Morgan fingerprint density at radius 1 is 1.00 bits per heavy atom. The topological polar surface area (TPSA) is 9.23 Å². The van der Waals surface area contributed by atoms with Crippen LogP contribution >= 0.6 is 0 Å². The minimum atomic E-state index is 0.341. The highest BCUT2D eigenvalue weighted by atomic mass is 16.5. The summed E-state index contributed by atoms with van der Waals surface area (Å²) in [6, 6.07) is 4.47. The minimum Gasteiger partial charge on any atom is -0.496 e. The van der Waals surface area contributed by atoms with E-state index in [1.165, 1.54) is 16.7 Å². The predicted molar refractivity (Wildman–Crippen MR) is 77.0 cm³/mol. The van der Waals surface area contributed by atoms with E-state index in [2.05, 4.69) is 46.8 Å². The van der Waals surface area contributed by atoms with Gasteiger partial charge >= 0.3 is 0 Å². The smallest absolute Gasteiger partial charge is 0.124 e. The third-order valence-corrected chi connectivity index (χ3v) is 2.46. The molecule has 17 heavy (non-hydrogen) atoms. The number of aryl methyl sites for hydroxylation is 2. The highest BCUT2D eigenvalue weighted by molar-refractivity contribution is 5.43. The molecule has 1 heteroatoms. The number of benzene rings is 1. The number of rotatable bonds is 2. The van der Waals surface area contributed by atoms with Gasteiger partial charge in [0, 0.05) is 0 Å². The van der Waals surface area contributed by atoms with Crippen LogP contribution in [0.1, 0.15) is 51.3 Å². The lowest BCUT2D eigenvalue weighted by atomic mass is 9.87. The molecule has 0 atom stereocenters. The first-order valence-corrected chi connectivity index (χ1v) is 6.47. The molecule has 0 unspecified atom stereocenters. The summed E-state index contributed by atoms with van der Waals surface area (Å²) in [4.78, 5) is 0. The first kappa shape index (κ1) is 16.0. The Morgan fingerprint density at radius 3 is 1.71 bits per heavy atom. The van der Waals surface area contributed by atoms with Crippen molar-refractivity contribution in [1.29, 1.82) is 0 Å². The average molecular weight is 236 g/mol. The van der Waals surface area contributed by atoms with Gasteiger partial charge in [-0.3, -0.25) is 0 Å². The summed E-state index contributed by atoms with van der Waals surface area (Å²) >= 11 is 0. The van der Waals surface area contributed by atoms with E-state index in [1.54, 1.807) is 7.11 Å². The van der Waals surface area contributed by atoms with Gasteiger partial charge in [-0.2, -0.15) is 0 Å². The Morgan fingerprint density at radius 2 is 1.41 bits per heavy atom. The van der Waals surface area contributed by atoms with Gasteiger partial charge in [0.05, 0.1) is 7.11 Å². The van der Waals surface area contributed by atoms with Gasteiger partial charge in [-0.25, -0.2) is 0 Å². The van der Waals surface area contributed by atoms with Crippen LogP contribution in [-0.2, 0) is 6.42 Å². The van der Waals surface area contributed by atoms with Crippen LogP contribution in [0.2, 0.25) is 0 Å². The van der Waals surface area contributed by atoms with Crippen molar-refractivity contribution < 1.29 is 4.74 Å². The molecule has 0 saturated carbocycles. The first-order chi connectivity index (χ1) is 7.83. The quantitative estimate of drug-likeness (QED) is 0.707. The van der Waals surface area contributed by atoms with Crippen molar-refractivity contribution in [3.05, 3.63) is 28.8 Å².